The number of aliphatic hydroxyl groups excluding tert-OH is 1. The maximum Gasteiger partial charge on any atom is 0.0613 e. The highest BCUT2D eigenvalue weighted by molar-refractivity contribution is 7.10. The Hall–Kier alpha value is -0.380. The molecule has 2 nitrogen and oxygen atoms in total. The van der Waals surface area contributed by atoms with Crippen LogP contribution in [0.5, 0.6) is 0 Å². The third kappa shape index (κ3) is 2.41. The van der Waals surface area contributed by atoms with Crippen LogP contribution in [0.3, 0.4) is 0 Å². The Labute approximate surface area is 95.3 Å². The molecule has 1 heterocycles. The minimum Gasteiger partial charge on any atom is -0.394 e. The van der Waals surface area contributed by atoms with Gasteiger partial charge in [0.05, 0.1) is 6.61 Å². The van der Waals surface area contributed by atoms with Gasteiger partial charge in [0, 0.05) is 17.0 Å². The predicted molar refractivity (Wildman–Crippen MR) is 64.1 cm³/mol. The van der Waals surface area contributed by atoms with E-state index in [4.69, 9.17) is 0 Å². The molecule has 0 amide bonds. The molecule has 1 unspecified atom stereocenters. The fourth-order valence-electron chi connectivity index (χ4n) is 1.92. The van der Waals surface area contributed by atoms with Crippen LogP contribution in [0.15, 0.2) is 11.4 Å². The Kier molecular flexibility index (Phi) is 3.14. The van der Waals surface area contributed by atoms with Crippen molar-refractivity contribution in [1.82, 2.24) is 5.32 Å². The van der Waals surface area contributed by atoms with Gasteiger partial charge in [-0.2, -0.15) is 0 Å². The van der Waals surface area contributed by atoms with E-state index in [0.717, 1.165) is 6.54 Å². The van der Waals surface area contributed by atoms with Gasteiger partial charge >= 0.3 is 0 Å². The third-order valence-corrected chi connectivity index (χ3v) is 4.45. The van der Waals surface area contributed by atoms with Crippen molar-refractivity contribution in [3.63, 3.8) is 0 Å². The van der Waals surface area contributed by atoms with E-state index in [2.05, 4.69) is 30.6 Å². The smallest absolute Gasteiger partial charge is 0.0613 e. The topological polar surface area (TPSA) is 32.3 Å². The summed E-state index contributed by atoms with van der Waals surface area (Å²) in [7, 11) is 0. The highest BCUT2D eigenvalue weighted by Crippen LogP contribution is 2.39. The number of aliphatic hydroxyl groups is 1. The largest absolute Gasteiger partial charge is 0.394 e. The van der Waals surface area contributed by atoms with Crippen molar-refractivity contribution in [3.8, 4) is 0 Å². The molecule has 3 heteroatoms. The number of thiophene rings is 1. The highest BCUT2D eigenvalue weighted by atomic mass is 32.1. The summed E-state index contributed by atoms with van der Waals surface area (Å²) < 4.78 is 0. The Morgan fingerprint density at radius 3 is 2.80 bits per heavy atom. The van der Waals surface area contributed by atoms with E-state index in [0.29, 0.717) is 5.92 Å². The van der Waals surface area contributed by atoms with Gasteiger partial charge in [-0.15, -0.1) is 11.3 Å². The number of aryl methyl sites for hydroxylation is 1. The zero-order valence-electron chi connectivity index (χ0n) is 9.42. The lowest BCUT2D eigenvalue weighted by atomic mass is 9.97. The molecule has 84 valence electrons. The second-order valence-electron chi connectivity index (χ2n) is 4.73. The Balaban J connectivity index is 1.94. The van der Waals surface area contributed by atoms with Crippen LogP contribution in [0.25, 0.3) is 0 Å². The van der Waals surface area contributed by atoms with Crippen LogP contribution in [-0.4, -0.2) is 17.3 Å². The lowest BCUT2D eigenvalue weighted by molar-refractivity contribution is 0.154. The molecule has 2 N–H and O–H groups in total. The first kappa shape index (κ1) is 11.1. The molecule has 1 aromatic heterocycles. The van der Waals surface area contributed by atoms with Gasteiger partial charge < -0.3 is 10.4 Å². The molecular weight excluding hydrogens is 206 g/mol. The first-order valence-corrected chi connectivity index (χ1v) is 6.42. The molecule has 0 bridgehead atoms. The van der Waals surface area contributed by atoms with E-state index in [1.54, 1.807) is 11.3 Å². The first-order valence-electron chi connectivity index (χ1n) is 5.54. The highest BCUT2D eigenvalue weighted by Gasteiger charge is 2.40. The van der Waals surface area contributed by atoms with Gasteiger partial charge in [-0.25, -0.2) is 0 Å². The predicted octanol–water partition coefficient (Wildman–Crippen LogP) is 2.31. The summed E-state index contributed by atoms with van der Waals surface area (Å²) in [6, 6.07) is 2.15. The molecule has 15 heavy (non-hydrogen) atoms. The Morgan fingerprint density at radius 1 is 1.60 bits per heavy atom. The molecule has 1 aromatic rings. The van der Waals surface area contributed by atoms with Gasteiger partial charge in [0.2, 0.25) is 0 Å². The third-order valence-electron chi connectivity index (χ3n) is 3.43. The van der Waals surface area contributed by atoms with Crippen molar-refractivity contribution < 1.29 is 5.11 Å². The number of hydrogen-bond acceptors (Lipinski definition) is 3. The molecule has 0 aromatic carbocycles. The van der Waals surface area contributed by atoms with E-state index in [9.17, 15) is 5.11 Å². The summed E-state index contributed by atoms with van der Waals surface area (Å²) in [5.74, 6) is 0.669. The second-order valence-corrected chi connectivity index (χ2v) is 5.73. The summed E-state index contributed by atoms with van der Waals surface area (Å²) in [4.78, 5) is 1.38. The average Bonchev–Trinajstić information content (AvgIpc) is 3.01. The molecule has 1 fully saturated rings. The van der Waals surface area contributed by atoms with Crippen molar-refractivity contribution in [1.29, 1.82) is 0 Å². The van der Waals surface area contributed by atoms with Gasteiger partial charge in [-0.05, 0) is 49.6 Å². The van der Waals surface area contributed by atoms with Crippen LogP contribution in [0.1, 0.15) is 30.2 Å². The van der Waals surface area contributed by atoms with Crippen LogP contribution in [0.4, 0.5) is 0 Å². The molecule has 0 aliphatic heterocycles. The summed E-state index contributed by atoms with van der Waals surface area (Å²) in [5.41, 5.74) is 1.28. The van der Waals surface area contributed by atoms with Gasteiger partial charge in [0.15, 0.2) is 0 Å². The minimum atomic E-state index is -0.0730. The summed E-state index contributed by atoms with van der Waals surface area (Å²) in [6.07, 6.45) is 2.51. The van der Waals surface area contributed by atoms with E-state index in [1.165, 1.54) is 23.3 Å². The van der Waals surface area contributed by atoms with E-state index < -0.39 is 0 Å². The van der Waals surface area contributed by atoms with Crippen molar-refractivity contribution >= 4 is 11.3 Å². The van der Waals surface area contributed by atoms with Gasteiger partial charge in [0.1, 0.15) is 0 Å². The molecule has 1 aliphatic carbocycles. The number of hydrogen-bond donors (Lipinski definition) is 2. The number of nitrogens with one attached hydrogen (secondary N) is 1. The van der Waals surface area contributed by atoms with Crippen molar-refractivity contribution in [2.24, 2.45) is 5.92 Å². The van der Waals surface area contributed by atoms with E-state index in [1.807, 2.05) is 0 Å². The summed E-state index contributed by atoms with van der Waals surface area (Å²) in [6.45, 7) is 5.40. The summed E-state index contributed by atoms with van der Waals surface area (Å²) in [5, 5.41) is 15.1. The average molecular weight is 225 g/mol. The molecule has 1 saturated carbocycles. The van der Waals surface area contributed by atoms with Gasteiger partial charge in [-0.3, -0.25) is 0 Å². The van der Waals surface area contributed by atoms with E-state index >= 15 is 0 Å². The molecule has 0 saturated heterocycles. The zero-order chi connectivity index (χ0) is 10.9. The van der Waals surface area contributed by atoms with Crippen molar-refractivity contribution in [3.05, 3.63) is 21.9 Å². The van der Waals surface area contributed by atoms with Crippen LogP contribution in [0, 0.1) is 12.8 Å². The summed E-state index contributed by atoms with van der Waals surface area (Å²) >= 11 is 1.79. The Morgan fingerprint density at radius 2 is 2.33 bits per heavy atom. The van der Waals surface area contributed by atoms with Crippen LogP contribution < -0.4 is 5.32 Å². The van der Waals surface area contributed by atoms with Crippen LogP contribution >= 0.6 is 11.3 Å². The normalized spacial score (nSPS) is 20.2. The van der Waals surface area contributed by atoms with E-state index in [-0.39, 0.29) is 12.1 Å². The molecule has 2 rings (SSSR count). The minimum absolute atomic E-state index is 0.0730. The Bertz CT molecular complexity index is 332. The lowest BCUT2D eigenvalue weighted by Gasteiger charge is -2.28. The van der Waals surface area contributed by atoms with Crippen LogP contribution in [-0.2, 0) is 6.54 Å². The second kappa shape index (κ2) is 4.24. The maximum absolute atomic E-state index is 9.43. The number of rotatable bonds is 5. The standard InChI is InChI=1S/C12H19NOS/c1-9-5-6-15-11(9)7-13-12(2,8-14)10-3-4-10/h5-6,10,13-14H,3-4,7-8H2,1-2H3. The first-order chi connectivity index (χ1) is 7.15. The fraction of sp³-hybridized carbons (Fsp3) is 0.667. The van der Waals surface area contributed by atoms with Gasteiger partial charge in [0.25, 0.3) is 0 Å². The SMILES string of the molecule is Cc1ccsc1CNC(C)(CO)C1CC1. The molecule has 0 spiro atoms. The fourth-order valence-corrected chi connectivity index (χ4v) is 2.76. The monoisotopic (exact) mass is 225 g/mol. The van der Waals surface area contributed by atoms with Crippen molar-refractivity contribution in [2.75, 3.05) is 6.61 Å². The molecule has 1 aliphatic rings. The molecule has 1 atom stereocenters. The van der Waals surface area contributed by atoms with Crippen LogP contribution in [0.2, 0.25) is 0 Å². The molecular formula is C12H19NOS. The zero-order valence-corrected chi connectivity index (χ0v) is 10.2. The van der Waals surface area contributed by atoms with Gasteiger partial charge in [-0.1, -0.05) is 0 Å². The molecule has 0 radical (unpaired) electrons. The maximum atomic E-state index is 9.43. The van der Waals surface area contributed by atoms with Crippen molar-refractivity contribution in [2.45, 2.75) is 38.8 Å². The quantitative estimate of drug-likeness (QED) is 0.806. The lowest BCUT2D eigenvalue weighted by Crippen LogP contribution is -2.47.